The molecule has 1 aliphatic rings. The van der Waals surface area contributed by atoms with E-state index >= 15 is 0 Å². The lowest BCUT2D eigenvalue weighted by Gasteiger charge is -2.17. The molecule has 0 unspecified atom stereocenters. The molecule has 2 aromatic rings. The van der Waals surface area contributed by atoms with Crippen LogP contribution in [-0.2, 0) is 20.4 Å². The van der Waals surface area contributed by atoms with Gasteiger partial charge < -0.3 is 15.5 Å². The van der Waals surface area contributed by atoms with Gasteiger partial charge in [0, 0.05) is 6.04 Å². The summed E-state index contributed by atoms with van der Waals surface area (Å²) < 4.78 is 30.1. The van der Waals surface area contributed by atoms with E-state index in [1.54, 1.807) is 18.2 Å². The van der Waals surface area contributed by atoms with Gasteiger partial charge in [-0.1, -0.05) is 24.6 Å². The van der Waals surface area contributed by atoms with Crippen LogP contribution < -0.4 is 11.1 Å². The van der Waals surface area contributed by atoms with Crippen molar-refractivity contribution in [3.63, 3.8) is 0 Å². The molecule has 1 heterocycles. The summed E-state index contributed by atoms with van der Waals surface area (Å²) in [5.41, 5.74) is 5.35. The van der Waals surface area contributed by atoms with Crippen molar-refractivity contribution in [2.45, 2.75) is 36.0 Å². The van der Waals surface area contributed by atoms with Gasteiger partial charge in [0.15, 0.2) is 15.6 Å². The number of nitrogens with one attached hydrogen (secondary N) is 1. The summed E-state index contributed by atoms with van der Waals surface area (Å²) in [5, 5.41) is 2.75. The van der Waals surface area contributed by atoms with Gasteiger partial charge >= 0.3 is 0 Å². The molecule has 0 radical (unpaired) electrons. The number of carbonyl (C=O) groups is 2. The van der Waals surface area contributed by atoms with Crippen LogP contribution in [0.1, 0.15) is 35.6 Å². The van der Waals surface area contributed by atoms with Crippen molar-refractivity contribution in [3.05, 3.63) is 54.0 Å². The van der Waals surface area contributed by atoms with Crippen molar-refractivity contribution in [1.82, 2.24) is 5.32 Å². The van der Waals surface area contributed by atoms with E-state index in [0.717, 1.165) is 6.42 Å². The van der Waals surface area contributed by atoms with Gasteiger partial charge in [-0.2, -0.15) is 0 Å². The van der Waals surface area contributed by atoms with Crippen LogP contribution in [0.15, 0.2) is 51.8 Å². The molecule has 8 heteroatoms. The second-order valence-electron chi connectivity index (χ2n) is 6.36. The van der Waals surface area contributed by atoms with Crippen LogP contribution in [0.5, 0.6) is 0 Å². The smallest absolute Gasteiger partial charge is 0.287 e. The van der Waals surface area contributed by atoms with E-state index in [4.69, 9.17) is 10.2 Å². The second-order valence-corrected chi connectivity index (χ2v) is 8.35. The third-order valence-corrected chi connectivity index (χ3v) is 6.17. The third kappa shape index (κ3) is 3.96. The number of rotatable bonds is 6. The maximum absolute atomic E-state index is 12.4. The maximum atomic E-state index is 12.4. The molecule has 138 valence electrons. The Labute approximate surface area is 151 Å². The fraction of sp³-hybridized carbons (Fsp3) is 0.333. The van der Waals surface area contributed by atoms with Crippen molar-refractivity contribution >= 4 is 21.7 Å². The first-order valence-corrected chi connectivity index (χ1v) is 9.99. The van der Waals surface area contributed by atoms with Crippen molar-refractivity contribution in [3.8, 4) is 0 Å². The van der Waals surface area contributed by atoms with Gasteiger partial charge in [0.05, 0.1) is 10.8 Å². The quantitative estimate of drug-likeness (QED) is 0.794. The Kier molecular flexibility index (Phi) is 5.13. The topological polar surface area (TPSA) is 119 Å². The molecular weight excluding hydrogens is 356 g/mol. The van der Waals surface area contributed by atoms with Crippen molar-refractivity contribution in [1.29, 1.82) is 0 Å². The standard InChI is InChI=1S/C18H20N2O5S/c19-17(21)14-7-4-8-15(14)20-18(22)16-10-9-12(25-16)11-26(23,24)13-5-2-1-3-6-13/h1-3,5-6,9-10,14-15H,4,7-8,11H2,(H2,19,21)(H,20,22)/t14-,15+/m1/s1. The Bertz CT molecular complexity index is 905. The molecule has 0 spiro atoms. The van der Waals surface area contributed by atoms with Crippen LogP contribution in [0.3, 0.4) is 0 Å². The highest BCUT2D eigenvalue weighted by Gasteiger charge is 2.33. The number of hydrogen-bond donors (Lipinski definition) is 2. The van der Waals surface area contributed by atoms with Crippen LogP contribution in [0.2, 0.25) is 0 Å². The summed E-state index contributed by atoms with van der Waals surface area (Å²) in [4.78, 5) is 23.9. The highest BCUT2D eigenvalue weighted by molar-refractivity contribution is 7.90. The molecule has 2 amide bonds. The lowest BCUT2D eigenvalue weighted by atomic mass is 10.0. The molecular formula is C18H20N2O5S. The molecule has 2 atom stereocenters. The molecule has 0 aliphatic heterocycles. The number of benzene rings is 1. The van der Waals surface area contributed by atoms with Crippen molar-refractivity contribution in [2.75, 3.05) is 0 Å². The largest absolute Gasteiger partial charge is 0.455 e. The molecule has 1 saturated carbocycles. The van der Waals surface area contributed by atoms with Crippen LogP contribution in [0.4, 0.5) is 0 Å². The van der Waals surface area contributed by atoms with E-state index < -0.39 is 21.7 Å². The van der Waals surface area contributed by atoms with E-state index in [2.05, 4.69) is 5.32 Å². The summed E-state index contributed by atoms with van der Waals surface area (Å²) in [5.74, 6) is -1.44. The van der Waals surface area contributed by atoms with Crippen LogP contribution in [0.25, 0.3) is 0 Å². The van der Waals surface area contributed by atoms with Gasteiger partial charge in [0.1, 0.15) is 11.5 Å². The average molecular weight is 376 g/mol. The fourth-order valence-corrected chi connectivity index (χ4v) is 4.46. The minimum absolute atomic E-state index is 0.0124. The first kappa shape index (κ1) is 18.2. The zero-order valence-electron chi connectivity index (χ0n) is 14.1. The Morgan fingerprint density at radius 2 is 1.85 bits per heavy atom. The fourth-order valence-electron chi connectivity index (χ4n) is 3.19. The minimum atomic E-state index is -3.55. The van der Waals surface area contributed by atoms with E-state index in [9.17, 15) is 18.0 Å². The number of hydrogen-bond acceptors (Lipinski definition) is 5. The van der Waals surface area contributed by atoms with Crippen LogP contribution >= 0.6 is 0 Å². The molecule has 3 N–H and O–H groups in total. The summed E-state index contributed by atoms with van der Waals surface area (Å²) in [7, 11) is -3.55. The summed E-state index contributed by atoms with van der Waals surface area (Å²) in [6.45, 7) is 0. The lowest BCUT2D eigenvalue weighted by Crippen LogP contribution is -2.42. The van der Waals surface area contributed by atoms with Gasteiger partial charge in [-0.05, 0) is 37.1 Å². The van der Waals surface area contributed by atoms with Crippen molar-refractivity contribution in [2.24, 2.45) is 11.7 Å². The number of nitrogens with two attached hydrogens (primary N) is 1. The van der Waals surface area contributed by atoms with Gasteiger partial charge in [0.25, 0.3) is 5.91 Å². The molecule has 1 aromatic heterocycles. The predicted molar refractivity (Wildman–Crippen MR) is 93.8 cm³/mol. The lowest BCUT2D eigenvalue weighted by molar-refractivity contribution is -0.122. The first-order chi connectivity index (χ1) is 12.4. The molecule has 7 nitrogen and oxygen atoms in total. The molecule has 1 aliphatic carbocycles. The van der Waals surface area contributed by atoms with E-state index in [1.165, 1.54) is 24.3 Å². The normalized spacial score (nSPS) is 20.0. The molecule has 26 heavy (non-hydrogen) atoms. The number of furan rings is 1. The highest BCUT2D eigenvalue weighted by atomic mass is 32.2. The summed E-state index contributed by atoms with van der Waals surface area (Å²) in [6, 6.07) is 10.6. The molecule has 0 bridgehead atoms. The SMILES string of the molecule is NC(=O)[C@@H]1CCC[C@@H]1NC(=O)c1ccc(CS(=O)(=O)c2ccccc2)o1. The van der Waals surface area contributed by atoms with Crippen LogP contribution in [0, 0.1) is 5.92 Å². The molecule has 3 rings (SSSR count). The minimum Gasteiger partial charge on any atom is -0.455 e. The number of amides is 2. The zero-order chi connectivity index (χ0) is 18.7. The van der Waals surface area contributed by atoms with Gasteiger partial charge in [-0.3, -0.25) is 9.59 Å². The number of primary amides is 1. The molecule has 1 aromatic carbocycles. The van der Waals surface area contributed by atoms with E-state index in [-0.39, 0.29) is 34.1 Å². The van der Waals surface area contributed by atoms with Crippen molar-refractivity contribution < 1.29 is 22.4 Å². The molecule has 1 fully saturated rings. The van der Waals surface area contributed by atoms with E-state index in [0.29, 0.717) is 12.8 Å². The predicted octanol–water partition coefficient (Wildman–Crippen LogP) is 1.64. The van der Waals surface area contributed by atoms with Gasteiger partial charge in [-0.25, -0.2) is 8.42 Å². The Morgan fingerprint density at radius 1 is 1.12 bits per heavy atom. The van der Waals surface area contributed by atoms with Gasteiger partial charge in [0.2, 0.25) is 5.91 Å². The summed E-state index contributed by atoms with van der Waals surface area (Å²) in [6.07, 6.45) is 2.14. The Hall–Kier alpha value is -2.61. The average Bonchev–Trinajstić information content (AvgIpc) is 3.24. The monoisotopic (exact) mass is 376 g/mol. The van der Waals surface area contributed by atoms with E-state index in [1.807, 2.05) is 0 Å². The van der Waals surface area contributed by atoms with Crippen LogP contribution in [-0.4, -0.2) is 26.3 Å². The number of sulfone groups is 1. The summed E-state index contributed by atoms with van der Waals surface area (Å²) >= 11 is 0. The Balaban J connectivity index is 1.68. The Morgan fingerprint density at radius 3 is 2.54 bits per heavy atom. The number of carbonyl (C=O) groups excluding carboxylic acids is 2. The van der Waals surface area contributed by atoms with Gasteiger partial charge in [-0.15, -0.1) is 0 Å². The maximum Gasteiger partial charge on any atom is 0.287 e. The third-order valence-electron chi connectivity index (χ3n) is 4.52. The first-order valence-electron chi connectivity index (χ1n) is 8.33. The highest BCUT2D eigenvalue weighted by Crippen LogP contribution is 2.26. The second kappa shape index (κ2) is 7.33. The zero-order valence-corrected chi connectivity index (χ0v) is 14.9. The molecule has 0 saturated heterocycles.